The van der Waals surface area contributed by atoms with Crippen LogP contribution in [-0.2, 0) is 19.0 Å². The molecule has 3 saturated carbocycles. The number of fused-ring (bicyclic) bond motifs is 2. The van der Waals surface area contributed by atoms with Crippen LogP contribution in [0.15, 0.2) is 4.99 Å². The predicted molar refractivity (Wildman–Crippen MR) is 59.9 cm³/mol. The first-order valence-electron chi connectivity index (χ1n) is 6.71. The van der Waals surface area contributed by atoms with Gasteiger partial charge in [-0.25, -0.2) is 4.99 Å². The fourth-order valence-corrected chi connectivity index (χ4v) is 5.41. The van der Waals surface area contributed by atoms with Crippen LogP contribution in [-0.4, -0.2) is 43.8 Å². The van der Waals surface area contributed by atoms with Crippen LogP contribution in [0.2, 0.25) is 0 Å². The molecule has 0 radical (unpaired) electrons. The summed E-state index contributed by atoms with van der Waals surface area (Å²) < 4.78 is 16.8. The van der Waals surface area contributed by atoms with Crippen LogP contribution in [0.1, 0.15) is 6.92 Å². The lowest BCUT2D eigenvalue weighted by Gasteiger charge is -2.73. The summed E-state index contributed by atoms with van der Waals surface area (Å²) in [5.74, 6) is 2.50. The lowest BCUT2D eigenvalue weighted by molar-refractivity contribution is -0.240. The molecule has 5 heteroatoms. The zero-order valence-electron chi connectivity index (χ0n) is 10.3. The fourth-order valence-electron chi connectivity index (χ4n) is 5.41. The summed E-state index contributed by atoms with van der Waals surface area (Å²) in [6.07, 6.45) is 0.198. The second-order valence-corrected chi connectivity index (χ2v) is 6.00. The van der Waals surface area contributed by atoms with Crippen molar-refractivity contribution in [2.75, 3.05) is 13.7 Å². The van der Waals surface area contributed by atoms with Crippen molar-refractivity contribution in [3.8, 4) is 0 Å². The molecular formula is C13H15NO4. The molecule has 2 aliphatic heterocycles. The molecule has 4 fully saturated rings. The van der Waals surface area contributed by atoms with E-state index in [9.17, 15) is 4.79 Å². The molecule has 1 saturated heterocycles. The normalized spacial score (nSPS) is 59.9. The zero-order valence-corrected chi connectivity index (χ0v) is 10.3. The third kappa shape index (κ3) is 0.624. The van der Waals surface area contributed by atoms with Crippen molar-refractivity contribution in [2.45, 2.75) is 25.2 Å². The summed E-state index contributed by atoms with van der Waals surface area (Å²) in [4.78, 5) is 17.1. The molecule has 0 aromatic heterocycles. The number of nitrogens with zero attached hydrogens (tertiary/aromatic N) is 1. The highest BCUT2D eigenvalue weighted by molar-refractivity contribution is 6.07. The molecule has 5 nitrogen and oxygen atoms in total. The van der Waals surface area contributed by atoms with Gasteiger partial charge in [0.15, 0.2) is 5.41 Å². The molecule has 0 amide bonds. The van der Waals surface area contributed by atoms with E-state index in [1.807, 2.05) is 6.92 Å². The first-order valence-corrected chi connectivity index (χ1v) is 6.71. The molecule has 8 atom stereocenters. The molecule has 96 valence electrons. The lowest BCUT2D eigenvalue weighted by atomic mass is 9.29. The summed E-state index contributed by atoms with van der Waals surface area (Å²) >= 11 is 0. The Balaban J connectivity index is 1.67. The topological polar surface area (TPSA) is 57.1 Å². The second kappa shape index (κ2) is 2.59. The Bertz CT molecular complexity index is 495. The predicted octanol–water partition coefficient (Wildman–Crippen LogP) is 0.236. The molecule has 0 spiro atoms. The Hall–Kier alpha value is -1.10. The van der Waals surface area contributed by atoms with Crippen LogP contribution >= 0.6 is 0 Å². The van der Waals surface area contributed by atoms with Crippen LogP contribution in [0.4, 0.5) is 0 Å². The van der Waals surface area contributed by atoms with E-state index in [4.69, 9.17) is 14.2 Å². The van der Waals surface area contributed by atoms with Gasteiger partial charge in [-0.2, -0.15) is 0 Å². The smallest absolute Gasteiger partial charge is 0.324 e. The van der Waals surface area contributed by atoms with Gasteiger partial charge < -0.3 is 14.2 Å². The van der Waals surface area contributed by atoms with Gasteiger partial charge in [0.1, 0.15) is 0 Å². The number of aliphatic imine (C=N–C) groups is 1. The average molecular weight is 249 g/mol. The van der Waals surface area contributed by atoms with Gasteiger partial charge in [-0.3, -0.25) is 4.79 Å². The lowest BCUT2D eigenvalue weighted by Crippen LogP contribution is -2.83. The first-order chi connectivity index (χ1) is 8.76. The summed E-state index contributed by atoms with van der Waals surface area (Å²) in [7, 11) is 1.60. The Labute approximate surface area is 104 Å². The van der Waals surface area contributed by atoms with Crippen LogP contribution < -0.4 is 0 Å². The summed E-state index contributed by atoms with van der Waals surface area (Å²) in [6, 6.07) is 0.237. The molecule has 2 heterocycles. The van der Waals surface area contributed by atoms with Gasteiger partial charge in [-0.15, -0.1) is 0 Å². The standard InChI is InChI=1S/C13H15NO4/c1-3-17-12(15)13-7-5-4-6(7)10(13)18-9(4)8(5)14-11(13)16-2/h4-10H,3H2,1-2H3. The second-order valence-electron chi connectivity index (χ2n) is 6.00. The maximum absolute atomic E-state index is 12.5. The van der Waals surface area contributed by atoms with Crippen molar-refractivity contribution in [1.29, 1.82) is 0 Å². The molecule has 0 aromatic rings. The molecule has 0 aromatic carbocycles. The van der Waals surface area contributed by atoms with E-state index in [1.54, 1.807) is 7.11 Å². The third-order valence-corrected chi connectivity index (χ3v) is 5.88. The average Bonchev–Trinajstić information content (AvgIpc) is 2.52. The van der Waals surface area contributed by atoms with Gasteiger partial charge in [0.2, 0.25) is 5.90 Å². The summed E-state index contributed by atoms with van der Waals surface area (Å²) in [5, 5.41) is 0. The van der Waals surface area contributed by atoms with E-state index in [1.165, 1.54) is 0 Å². The van der Waals surface area contributed by atoms with Crippen LogP contribution in [0.3, 0.4) is 0 Å². The molecule has 8 unspecified atom stereocenters. The maximum atomic E-state index is 12.5. The molecule has 18 heavy (non-hydrogen) atoms. The Morgan fingerprint density at radius 2 is 2.28 bits per heavy atom. The monoisotopic (exact) mass is 249 g/mol. The number of ether oxygens (including phenoxy) is 3. The number of hydrogen-bond donors (Lipinski definition) is 0. The van der Waals surface area contributed by atoms with Crippen molar-refractivity contribution in [2.24, 2.45) is 34.1 Å². The molecular weight excluding hydrogens is 234 g/mol. The molecule has 5 rings (SSSR count). The highest BCUT2D eigenvalue weighted by atomic mass is 16.6. The van der Waals surface area contributed by atoms with Gasteiger partial charge in [-0.1, -0.05) is 0 Å². The molecule has 3 aliphatic carbocycles. The van der Waals surface area contributed by atoms with Crippen LogP contribution in [0.5, 0.6) is 0 Å². The van der Waals surface area contributed by atoms with Crippen LogP contribution in [0.25, 0.3) is 0 Å². The minimum atomic E-state index is -0.710. The Morgan fingerprint density at radius 1 is 1.44 bits per heavy atom. The zero-order chi connectivity index (χ0) is 12.2. The van der Waals surface area contributed by atoms with Crippen molar-refractivity contribution in [3.05, 3.63) is 0 Å². The van der Waals surface area contributed by atoms with E-state index in [-0.39, 0.29) is 24.2 Å². The van der Waals surface area contributed by atoms with Crippen molar-refractivity contribution < 1.29 is 19.0 Å². The highest BCUT2D eigenvalue weighted by Crippen LogP contribution is 2.82. The minimum Gasteiger partial charge on any atom is -0.483 e. The fraction of sp³-hybridized carbons (Fsp3) is 0.846. The first kappa shape index (κ1) is 9.78. The van der Waals surface area contributed by atoms with Crippen molar-refractivity contribution >= 4 is 11.9 Å². The number of carbonyl (C=O) groups excluding carboxylic acids is 1. The third-order valence-electron chi connectivity index (χ3n) is 5.88. The Morgan fingerprint density at radius 3 is 3.00 bits per heavy atom. The Kier molecular flexibility index (Phi) is 1.41. The SMILES string of the molecule is CCOC(=O)C12C(OC)=NC3C4OC1C1C4C3C12. The quantitative estimate of drug-likeness (QED) is 0.658. The van der Waals surface area contributed by atoms with Gasteiger partial charge in [-0.05, 0) is 30.6 Å². The van der Waals surface area contributed by atoms with E-state index in [0.29, 0.717) is 36.2 Å². The minimum absolute atomic E-state index is 0.0426. The molecule has 0 N–H and O–H groups in total. The van der Waals surface area contributed by atoms with E-state index in [2.05, 4.69) is 4.99 Å². The van der Waals surface area contributed by atoms with Gasteiger partial charge in [0.05, 0.1) is 32.0 Å². The number of methoxy groups -OCH3 is 1. The number of esters is 1. The van der Waals surface area contributed by atoms with Crippen LogP contribution in [0, 0.1) is 29.1 Å². The van der Waals surface area contributed by atoms with Gasteiger partial charge in [0.25, 0.3) is 0 Å². The number of carbonyl (C=O) groups is 1. The van der Waals surface area contributed by atoms with E-state index < -0.39 is 5.41 Å². The molecule has 5 aliphatic rings. The maximum Gasteiger partial charge on any atom is 0.324 e. The van der Waals surface area contributed by atoms with Crippen molar-refractivity contribution in [1.82, 2.24) is 0 Å². The number of hydrogen-bond acceptors (Lipinski definition) is 5. The van der Waals surface area contributed by atoms with E-state index in [0.717, 1.165) is 0 Å². The summed E-state index contributed by atoms with van der Waals surface area (Å²) in [6.45, 7) is 2.22. The summed E-state index contributed by atoms with van der Waals surface area (Å²) in [5.41, 5.74) is -0.710. The largest absolute Gasteiger partial charge is 0.483 e. The van der Waals surface area contributed by atoms with Crippen molar-refractivity contribution in [3.63, 3.8) is 0 Å². The van der Waals surface area contributed by atoms with E-state index >= 15 is 0 Å². The highest BCUT2D eigenvalue weighted by Gasteiger charge is 2.92. The van der Waals surface area contributed by atoms with Gasteiger partial charge in [0, 0.05) is 0 Å². The molecule has 0 bridgehead atoms. The number of rotatable bonds is 2. The van der Waals surface area contributed by atoms with Gasteiger partial charge >= 0.3 is 5.97 Å².